The summed E-state index contributed by atoms with van der Waals surface area (Å²) in [6.45, 7) is 5.94. The van der Waals surface area contributed by atoms with E-state index in [4.69, 9.17) is 0 Å². The number of guanidine groups is 1. The molecule has 1 aliphatic carbocycles. The lowest BCUT2D eigenvalue weighted by Gasteiger charge is -2.16. The molecule has 0 radical (unpaired) electrons. The third-order valence-corrected chi connectivity index (χ3v) is 3.83. The molecule has 0 atom stereocenters. The standard InChI is InChI=1S/C16H26N4.HI/c1-3-18-16(20-15-6-4-5-7-15)19-11-9-14-8-10-17-12-13(14)2;/h8,10,12,15H,3-7,9,11H2,1-2H3,(H2,18,19,20);1H. The zero-order valence-electron chi connectivity index (χ0n) is 13.1. The number of aliphatic imine (C=N–C) groups is 1. The third kappa shape index (κ3) is 6.20. The van der Waals surface area contributed by atoms with Crippen LogP contribution in [0.5, 0.6) is 0 Å². The van der Waals surface area contributed by atoms with E-state index in [-0.39, 0.29) is 24.0 Å². The number of pyridine rings is 1. The van der Waals surface area contributed by atoms with Crippen LogP contribution in [0.15, 0.2) is 23.5 Å². The summed E-state index contributed by atoms with van der Waals surface area (Å²) in [5.74, 6) is 0.964. The van der Waals surface area contributed by atoms with E-state index in [1.807, 2.05) is 12.4 Å². The summed E-state index contributed by atoms with van der Waals surface area (Å²) in [5, 5.41) is 6.88. The zero-order chi connectivity index (χ0) is 14.2. The van der Waals surface area contributed by atoms with Crippen molar-refractivity contribution in [1.29, 1.82) is 0 Å². The Hall–Kier alpha value is -0.850. The molecule has 118 valence electrons. The molecule has 1 aliphatic rings. The number of rotatable bonds is 5. The molecule has 1 fully saturated rings. The van der Waals surface area contributed by atoms with Crippen LogP contribution >= 0.6 is 24.0 Å². The molecule has 2 N–H and O–H groups in total. The van der Waals surface area contributed by atoms with E-state index < -0.39 is 0 Å². The molecule has 0 bridgehead atoms. The van der Waals surface area contributed by atoms with Crippen molar-refractivity contribution < 1.29 is 0 Å². The van der Waals surface area contributed by atoms with Gasteiger partial charge in [-0.3, -0.25) is 9.98 Å². The fourth-order valence-corrected chi connectivity index (χ4v) is 2.65. The van der Waals surface area contributed by atoms with Crippen LogP contribution < -0.4 is 10.6 Å². The monoisotopic (exact) mass is 402 g/mol. The number of hydrogen-bond donors (Lipinski definition) is 2. The number of halogens is 1. The Balaban J connectivity index is 0.00000220. The van der Waals surface area contributed by atoms with Gasteiger partial charge in [-0.15, -0.1) is 24.0 Å². The first-order valence-electron chi connectivity index (χ1n) is 7.74. The maximum atomic E-state index is 4.69. The predicted molar refractivity (Wildman–Crippen MR) is 99.5 cm³/mol. The first-order valence-corrected chi connectivity index (χ1v) is 7.74. The summed E-state index contributed by atoms with van der Waals surface area (Å²) in [5.41, 5.74) is 2.58. The molecule has 21 heavy (non-hydrogen) atoms. The topological polar surface area (TPSA) is 49.3 Å². The summed E-state index contributed by atoms with van der Waals surface area (Å²) >= 11 is 0. The first-order chi connectivity index (χ1) is 9.79. The number of nitrogens with zero attached hydrogens (tertiary/aromatic N) is 2. The summed E-state index contributed by atoms with van der Waals surface area (Å²) in [6, 6.07) is 2.69. The van der Waals surface area contributed by atoms with Crippen LogP contribution in [0.1, 0.15) is 43.7 Å². The van der Waals surface area contributed by atoms with E-state index in [1.165, 1.54) is 36.8 Å². The minimum absolute atomic E-state index is 0. The van der Waals surface area contributed by atoms with Crippen LogP contribution in [0.3, 0.4) is 0 Å². The SMILES string of the molecule is CCNC(=NCCc1ccncc1C)NC1CCCC1.I. The number of aryl methyl sites for hydroxylation is 1. The average Bonchev–Trinajstić information content (AvgIpc) is 2.94. The quantitative estimate of drug-likeness (QED) is 0.452. The molecule has 4 nitrogen and oxygen atoms in total. The molecule has 1 aromatic heterocycles. The Morgan fingerprint density at radius 1 is 1.38 bits per heavy atom. The van der Waals surface area contributed by atoms with Crippen molar-refractivity contribution in [2.45, 2.75) is 52.0 Å². The summed E-state index contributed by atoms with van der Waals surface area (Å²) in [4.78, 5) is 8.81. The van der Waals surface area contributed by atoms with Gasteiger partial charge >= 0.3 is 0 Å². The van der Waals surface area contributed by atoms with E-state index in [2.05, 4.69) is 40.5 Å². The average molecular weight is 402 g/mol. The van der Waals surface area contributed by atoms with E-state index in [0.29, 0.717) is 6.04 Å². The molecule has 1 heterocycles. The normalized spacial score (nSPS) is 15.6. The zero-order valence-corrected chi connectivity index (χ0v) is 15.4. The van der Waals surface area contributed by atoms with E-state index in [0.717, 1.165) is 25.5 Å². The van der Waals surface area contributed by atoms with Gasteiger partial charge < -0.3 is 10.6 Å². The van der Waals surface area contributed by atoms with Crippen LogP contribution in [-0.2, 0) is 6.42 Å². The minimum atomic E-state index is 0. The maximum absolute atomic E-state index is 4.69. The summed E-state index contributed by atoms with van der Waals surface area (Å²) in [6.07, 6.45) is 9.97. The lowest BCUT2D eigenvalue weighted by atomic mass is 10.1. The Bertz CT molecular complexity index is 442. The highest BCUT2D eigenvalue weighted by Crippen LogP contribution is 2.17. The molecule has 0 saturated heterocycles. The van der Waals surface area contributed by atoms with E-state index >= 15 is 0 Å². The smallest absolute Gasteiger partial charge is 0.191 e. The highest BCUT2D eigenvalue weighted by Gasteiger charge is 2.15. The first kappa shape index (κ1) is 18.2. The second kappa shape index (κ2) is 9.97. The van der Waals surface area contributed by atoms with Crippen molar-refractivity contribution >= 4 is 29.9 Å². The Morgan fingerprint density at radius 3 is 2.81 bits per heavy atom. The summed E-state index contributed by atoms with van der Waals surface area (Å²) < 4.78 is 0. The molecule has 1 saturated carbocycles. The Labute approximate surface area is 145 Å². The van der Waals surface area contributed by atoms with Gasteiger partial charge in [-0.25, -0.2) is 0 Å². The minimum Gasteiger partial charge on any atom is -0.357 e. The Morgan fingerprint density at radius 2 is 2.14 bits per heavy atom. The second-order valence-corrected chi connectivity index (χ2v) is 5.44. The van der Waals surface area contributed by atoms with Gasteiger partial charge in [0.25, 0.3) is 0 Å². The van der Waals surface area contributed by atoms with Crippen molar-refractivity contribution in [2.75, 3.05) is 13.1 Å². The highest BCUT2D eigenvalue weighted by molar-refractivity contribution is 14.0. The third-order valence-electron chi connectivity index (χ3n) is 3.83. The Kier molecular flexibility index (Phi) is 8.64. The van der Waals surface area contributed by atoms with Gasteiger partial charge in [-0.2, -0.15) is 0 Å². The summed E-state index contributed by atoms with van der Waals surface area (Å²) in [7, 11) is 0. The predicted octanol–water partition coefficient (Wildman–Crippen LogP) is 3.05. The van der Waals surface area contributed by atoms with Gasteiger partial charge in [0, 0.05) is 31.5 Å². The van der Waals surface area contributed by atoms with Crippen molar-refractivity contribution in [2.24, 2.45) is 4.99 Å². The molecule has 5 heteroatoms. The second-order valence-electron chi connectivity index (χ2n) is 5.44. The van der Waals surface area contributed by atoms with Crippen LogP contribution in [0.25, 0.3) is 0 Å². The number of nitrogens with one attached hydrogen (secondary N) is 2. The molecule has 0 aliphatic heterocycles. The molecule has 1 aromatic rings. The lowest BCUT2D eigenvalue weighted by molar-refractivity contribution is 0.614. The molecule has 0 aromatic carbocycles. The van der Waals surface area contributed by atoms with Gasteiger partial charge in [0.2, 0.25) is 0 Å². The van der Waals surface area contributed by atoms with Crippen molar-refractivity contribution in [3.63, 3.8) is 0 Å². The van der Waals surface area contributed by atoms with Crippen molar-refractivity contribution in [3.8, 4) is 0 Å². The van der Waals surface area contributed by atoms with Gasteiger partial charge in [0.05, 0.1) is 0 Å². The van der Waals surface area contributed by atoms with Gasteiger partial charge in [0.1, 0.15) is 0 Å². The molecular formula is C16H27IN4. The van der Waals surface area contributed by atoms with Crippen molar-refractivity contribution in [1.82, 2.24) is 15.6 Å². The molecule has 0 spiro atoms. The fraction of sp³-hybridized carbons (Fsp3) is 0.625. The maximum Gasteiger partial charge on any atom is 0.191 e. The van der Waals surface area contributed by atoms with Crippen molar-refractivity contribution in [3.05, 3.63) is 29.6 Å². The van der Waals surface area contributed by atoms with Crippen LogP contribution in [0, 0.1) is 6.92 Å². The fourth-order valence-electron chi connectivity index (χ4n) is 2.65. The molecule has 0 amide bonds. The largest absolute Gasteiger partial charge is 0.357 e. The molecule has 2 rings (SSSR count). The van der Waals surface area contributed by atoms with E-state index in [1.54, 1.807) is 0 Å². The highest BCUT2D eigenvalue weighted by atomic mass is 127. The van der Waals surface area contributed by atoms with Gasteiger partial charge in [-0.05, 0) is 50.3 Å². The van der Waals surface area contributed by atoms with Gasteiger partial charge in [0.15, 0.2) is 5.96 Å². The van der Waals surface area contributed by atoms with Crippen LogP contribution in [0.2, 0.25) is 0 Å². The molecule has 0 unspecified atom stereocenters. The lowest BCUT2D eigenvalue weighted by Crippen LogP contribution is -2.42. The number of hydrogen-bond acceptors (Lipinski definition) is 2. The van der Waals surface area contributed by atoms with Gasteiger partial charge in [-0.1, -0.05) is 12.8 Å². The number of aromatic nitrogens is 1. The van der Waals surface area contributed by atoms with E-state index in [9.17, 15) is 0 Å². The molecular weight excluding hydrogens is 375 g/mol. The van der Waals surface area contributed by atoms with Crippen LogP contribution in [-0.4, -0.2) is 30.1 Å². The van der Waals surface area contributed by atoms with Crippen LogP contribution in [0.4, 0.5) is 0 Å².